The lowest BCUT2D eigenvalue weighted by atomic mass is 9.71. The summed E-state index contributed by atoms with van der Waals surface area (Å²) in [6, 6.07) is 3.89. The SMILES string of the molecule is COc1cc2c(cc1O)[C@@]13C[C@@H](OC)C=CC1=CCN3CC2. The molecule has 3 aliphatic rings. The zero-order valence-electron chi connectivity index (χ0n) is 13.0. The Bertz CT molecular complexity index is 679. The number of benzene rings is 1. The largest absolute Gasteiger partial charge is 0.504 e. The number of fused-ring (bicyclic) bond motifs is 1. The van der Waals surface area contributed by atoms with Crippen LogP contribution >= 0.6 is 0 Å². The van der Waals surface area contributed by atoms with E-state index in [2.05, 4.69) is 23.1 Å². The molecule has 0 saturated heterocycles. The van der Waals surface area contributed by atoms with Crippen molar-refractivity contribution in [2.45, 2.75) is 24.5 Å². The Hall–Kier alpha value is -1.78. The predicted octanol–water partition coefficient (Wildman–Crippen LogP) is 2.37. The maximum absolute atomic E-state index is 10.3. The summed E-state index contributed by atoms with van der Waals surface area (Å²) >= 11 is 0. The van der Waals surface area contributed by atoms with Gasteiger partial charge in [0.25, 0.3) is 0 Å². The molecule has 4 heteroatoms. The third kappa shape index (κ3) is 1.71. The fourth-order valence-corrected chi connectivity index (χ4v) is 4.24. The van der Waals surface area contributed by atoms with Crippen molar-refractivity contribution in [3.8, 4) is 11.5 Å². The first kappa shape index (κ1) is 13.9. The standard InChI is InChI=1S/C18H21NO3/c1-21-14-4-3-13-6-8-19-7-5-12-9-17(22-2)16(20)10-15(12)18(13,19)11-14/h3-4,6,9-10,14,20H,5,7-8,11H2,1-2H3/t14-,18+/m0/s1. The summed E-state index contributed by atoms with van der Waals surface area (Å²) in [6.07, 6.45) is 8.61. The van der Waals surface area contributed by atoms with Gasteiger partial charge in [-0.2, -0.15) is 0 Å². The molecule has 0 fully saturated rings. The van der Waals surface area contributed by atoms with Crippen LogP contribution in [0.15, 0.2) is 35.9 Å². The first-order valence-electron chi connectivity index (χ1n) is 7.76. The molecule has 0 saturated carbocycles. The zero-order valence-corrected chi connectivity index (χ0v) is 13.0. The molecule has 2 heterocycles. The van der Waals surface area contributed by atoms with Crippen LogP contribution in [0.2, 0.25) is 0 Å². The van der Waals surface area contributed by atoms with Crippen LogP contribution in [0.4, 0.5) is 0 Å². The summed E-state index contributed by atoms with van der Waals surface area (Å²) in [6.45, 7) is 1.98. The number of phenols is 1. The summed E-state index contributed by atoms with van der Waals surface area (Å²) in [5.41, 5.74) is 3.63. The second-order valence-electron chi connectivity index (χ2n) is 6.23. The molecule has 1 N–H and O–H groups in total. The van der Waals surface area contributed by atoms with E-state index in [-0.39, 0.29) is 17.4 Å². The second kappa shape index (κ2) is 4.86. The van der Waals surface area contributed by atoms with Crippen LogP contribution in [0.3, 0.4) is 0 Å². The summed E-state index contributed by atoms with van der Waals surface area (Å²) in [4.78, 5) is 2.51. The van der Waals surface area contributed by atoms with Gasteiger partial charge in [-0.05, 0) is 35.3 Å². The Labute approximate surface area is 130 Å². The molecule has 1 aliphatic carbocycles. The van der Waals surface area contributed by atoms with Crippen LogP contribution in [-0.2, 0) is 16.7 Å². The van der Waals surface area contributed by atoms with E-state index in [0.29, 0.717) is 5.75 Å². The van der Waals surface area contributed by atoms with Gasteiger partial charge in [0.15, 0.2) is 11.5 Å². The predicted molar refractivity (Wildman–Crippen MR) is 84.3 cm³/mol. The van der Waals surface area contributed by atoms with Crippen molar-refractivity contribution in [3.05, 3.63) is 47.1 Å². The van der Waals surface area contributed by atoms with Gasteiger partial charge in [-0.3, -0.25) is 4.90 Å². The lowest BCUT2D eigenvalue weighted by Crippen LogP contribution is -2.51. The van der Waals surface area contributed by atoms with Crippen LogP contribution < -0.4 is 4.74 Å². The van der Waals surface area contributed by atoms with Crippen molar-refractivity contribution >= 4 is 0 Å². The van der Waals surface area contributed by atoms with Crippen LogP contribution in [0.1, 0.15) is 17.5 Å². The Morgan fingerprint density at radius 3 is 2.95 bits per heavy atom. The van der Waals surface area contributed by atoms with Gasteiger partial charge < -0.3 is 14.6 Å². The Balaban J connectivity index is 1.91. The molecule has 4 rings (SSSR count). The van der Waals surface area contributed by atoms with Crippen LogP contribution in [-0.4, -0.2) is 43.4 Å². The van der Waals surface area contributed by atoms with Gasteiger partial charge in [0.1, 0.15) is 0 Å². The number of methoxy groups -OCH3 is 2. The first-order chi connectivity index (χ1) is 10.7. The van der Waals surface area contributed by atoms with Crippen molar-refractivity contribution in [1.82, 2.24) is 4.90 Å². The van der Waals surface area contributed by atoms with E-state index in [9.17, 15) is 5.11 Å². The fourth-order valence-electron chi connectivity index (χ4n) is 4.24. The highest BCUT2D eigenvalue weighted by atomic mass is 16.5. The normalized spacial score (nSPS) is 29.5. The number of phenolic OH excluding ortho intramolecular Hbond substituents is 1. The maximum Gasteiger partial charge on any atom is 0.160 e. The lowest BCUT2D eigenvalue weighted by molar-refractivity contribution is 0.0513. The van der Waals surface area contributed by atoms with Gasteiger partial charge in [-0.15, -0.1) is 0 Å². The van der Waals surface area contributed by atoms with E-state index in [1.807, 2.05) is 12.1 Å². The van der Waals surface area contributed by atoms with E-state index >= 15 is 0 Å². The number of hydrogen-bond donors (Lipinski definition) is 1. The molecule has 2 aliphatic heterocycles. The molecule has 4 nitrogen and oxygen atoms in total. The number of nitrogens with zero attached hydrogens (tertiary/aromatic N) is 1. The van der Waals surface area contributed by atoms with Crippen molar-refractivity contribution in [3.63, 3.8) is 0 Å². The molecule has 1 aromatic carbocycles. The van der Waals surface area contributed by atoms with Gasteiger partial charge in [-0.25, -0.2) is 0 Å². The van der Waals surface area contributed by atoms with E-state index in [1.54, 1.807) is 14.2 Å². The summed E-state index contributed by atoms with van der Waals surface area (Å²) in [5, 5.41) is 10.3. The molecule has 2 atom stereocenters. The van der Waals surface area contributed by atoms with E-state index in [4.69, 9.17) is 9.47 Å². The quantitative estimate of drug-likeness (QED) is 0.910. The summed E-state index contributed by atoms with van der Waals surface area (Å²) < 4.78 is 10.9. The van der Waals surface area contributed by atoms with E-state index in [0.717, 1.165) is 25.9 Å². The number of hydrogen-bond acceptors (Lipinski definition) is 4. The maximum atomic E-state index is 10.3. The van der Waals surface area contributed by atoms with Gasteiger partial charge in [-0.1, -0.05) is 18.2 Å². The molecule has 0 aromatic heterocycles. The lowest BCUT2D eigenvalue weighted by Gasteiger charge is -2.48. The van der Waals surface area contributed by atoms with Crippen LogP contribution in [0.5, 0.6) is 11.5 Å². The minimum absolute atomic E-state index is 0.105. The molecule has 22 heavy (non-hydrogen) atoms. The van der Waals surface area contributed by atoms with Gasteiger partial charge in [0, 0.05) is 26.6 Å². The average molecular weight is 299 g/mol. The molecule has 1 aromatic rings. The van der Waals surface area contributed by atoms with Crippen molar-refractivity contribution in [1.29, 1.82) is 0 Å². The van der Waals surface area contributed by atoms with Gasteiger partial charge in [0.2, 0.25) is 0 Å². The minimum Gasteiger partial charge on any atom is -0.504 e. The topological polar surface area (TPSA) is 41.9 Å². The van der Waals surface area contributed by atoms with E-state index in [1.165, 1.54) is 16.7 Å². The highest BCUT2D eigenvalue weighted by Crippen LogP contribution is 2.52. The van der Waals surface area contributed by atoms with Crippen molar-refractivity contribution in [2.24, 2.45) is 0 Å². The molecule has 0 unspecified atom stereocenters. The average Bonchev–Trinajstić information content (AvgIpc) is 2.93. The molecule has 0 radical (unpaired) electrons. The zero-order chi connectivity index (χ0) is 15.3. The molecule has 1 spiro atoms. The van der Waals surface area contributed by atoms with Crippen molar-refractivity contribution in [2.75, 3.05) is 27.3 Å². The fraction of sp³-hybridized carbons (Fsp3) is 0.444. The molecule has 116 valence electrons. The van der Waals surface area contributed by atoms with Crippen LogP contribution in [0, 0.1) is 0 Å². The third-order valence-corrected chi connectivity index (χ3v) is 5.34. The molecular weight excluding hydrogens is 278 g/mol. The van der Waals surface area contributed by atoms with Crippen molar-refractivity contribution < 1.29 is 14.6 Å². The minimum atomic E-state index is -0.160. The van der Waals surface area contributed by atoms with Gasteiger partial charge >= 0.3 is 0 Å². The number of ether oxygens (including phenoxy) is 2. The number of aromatic hydroxyl groups is 1. The van der Waals surface area contributed by atoms with Crippen LogP contribution in [0.25, 0.3) is 0 Å². The first-order valence-corrected chi connectivity index (χ1v) is 7.76. The molecule has 0 amide bonds. The smallest absolute Gasteiger partial charge is 0.160 e. The Kier molecular flexibility index (Phi) is 3.06. The van der Waals surface area contributed by atoms with Gasteiger partial charge in [0.05, 0.1) is 18.8 Å². The summed E-state index contributed by atoms with van der Waals surface area (Å²) in [5.74, 6) is 0.772. The Morgan fingerprint density at radius 2 is 2.18 bits per heavy atom. The Morgan fingerprint density at radius 1 is 1.32 bits per heavy atom. The third-order valence-electron chi connectivity index (χ3n) is 5.34. The second-order valence-corrected chi connectivity index (χ2v) is 6.23. The monoisotopic (exact) mass is 299 g/mol. The highest BCUT2D eigenvalue weighted by Gasteiger charge is 2.50. The molecule has 0 bridgehead atoms. The van der Waals surface area contributed by atoms with E-state index < -0.39 is 0 Å². The molecular formula is C18H21NO3. The summed E-state index contributed by atoms with van der Waals surface area (Å²) in [7, 11) is 3.36. The number of rotatable bonds is 2. The highest BCUT2D eigenvalue weighted by molar-refractivity contribution is 5.57.